The third-order valence-electron chi connectivity index (χ3n) is 3.74. The molecule has 1 amide bonds. The van der Waals surface area contributed by atoms with Gasteiger partial charge in [-0.05, 0) is 19.3 Å². The number of carbonyl (C=O) groups is 1. The van der Waals surface area contributed by atoms with Crippen molar-refractivity contribution in [3.63, 3.8) is 0 Å². The summed E-state index contributed by atoms with van der Waals surface area (Å²) in [5, 5.41) is 0. The van der Waals surface area contributed by atoms with Gasteiger partial charge in [0.05, 0.1) is 6.61 Å². The molecule has 3 heteroatoms. The first-order valence-electron chi connectivity index (χ1n) is 9.26. The van der Waals surface area contributed by atoms with Crippen LogP contribution in [0.4, 0.5) is 0 Å². The summed E-state index contributed by atoms with van der Waals surface area (Å²) in [4.78, 5) is 14.3. The van der Waals surface area contributed by atoms with Crippen LogP contribution < -0.4 is 0 Å². The fourth-order valence-electron chi connectivity index (χ4n) is 2.35. The first-order chi connectivity index (χ1) is 10.5. The maximum Gasteiger partial charge on any atom is 0.225 e. The first kappa shape index (κ1) is 26.3. The van der Waals surface area contributed by atoms with Gasteiger partial charge in [0, 0.05) is 31.5 Å². The molecule has 0 aromatic carbocycles. The molecule has 1 fully saturated rings. The lowest BCUT2D eigenvalue weighted by molar-refractivity contribution is -0.137. The van der Waals surface area contributed by atoms with Gasteiger partial charge in [0.15, 0.2) is 0 Å². The lowest BCUT2D eigenvalue weighted by atomic mass is 9.96. The third kappa shape index (κ3) is 9.45. The Hall–Kier alpha value is -0.570. The highest BCUT2D eigenvalue weighted by Crippen LogP contribution is 2.26. The average Bonchev–Trinajstić information content (AvgIpc) is 2.92. The van der Waals surface area contributed by atoms with Crippen LogP contribution in [-0.2, 0) is 9.53 Å². The minimum absolute atomic E-state index is 0.128. The number of amides is 1. The average molecular weight is 318 g/mol. The normalized spacial score (nSPS) is 20.8. The molecule has 1 rings (SSSR count). The number of ether oxygens (including phenoxy) is 1. The smallest absolute Gasteiger partial charge is 0.225 e. The van der Waals surface area contributed by atoms with Crippen molar-refractivity contribution in [3.05, 3.63) is 0 Å². The van der Waals surface area contributed by atoms with Gasteiger partial charge < -0.3 is 9.64 Å². The molecule has 136 valence electrons. The molecule has 0 spiro atoms. The Morgan fingerprint density at radius 1 is 1.09 bits per heavy atom. The zero-order valence-corrected chi connectivity index (χ0v) is 17.2. The SMILES string of the molecule is CC.CC.CC.COCC1C[C@@H](C)N(C(=O)C(C)C(C)C)C1. The van der Waals surface area contributed by atoms with Gasteiger partial charge in [-0.2, -0.15) is 0 Å². The third-order valence-corrected chi connectivity index (χ3v) is 3.74. The van der Waals surface area contributed by atoms with Gasteiger partial charge in [-0.25, -0.2) is 0 Å². The molecule has 0 saturated carbocycles. The van der Waals surface area contributed by atoms with Gasteiger partial charge in [-0.15, -0.1) is 0 Å². The Bertz CT molecular complexity index is 242. The van der Waals surface area contributed by atoms with Gasteiger partial charge in [0.1, 0.15) is 0 Å². The van der Waals surface area contributed by atoms with Gasteiger partial charge in [0.2, 0.25) is 5.91 Å². The van der Waals surface area contributed by atoms with Crippen molar-refractivity contribution >= 4 is 5.91 Å². The molecule has 1 aliphatic heterocycles. The monoisotopic (exact) mass is 317 g/mol. The van der Waals surface area contributed by atoms with Crippen LogP contribution in [0.3, 0.4) is 0 Å². The number of nitrogens with zero attached hydrogens (tertiary/aromatic N) is 1. The summed E-state index contributed by atoms with van der Waals surface area (Å²) in [5.41, 5.74) is 0. The molecule has 0 N–H and O–H groups in total. The number of rotatable bonds is 4. The molecule has 1 heterocycles. The predicted octanol–water partition coefficient (Wildman–Crippen LogP) is 5.24. The van der Waals surface area contributed by atoms with Crippen LogP contribution in [0.5, 0.6) is 0 Å². The first-order valence-corrected chi connectivity index (χ1v) is 9.26. The molecule has 1 saturated heterocycles. The Morgan fingerprint density at radius 3 is 1.91 bits per heavy atom. The highest BCUT2D eigenvalue weighted by Gasteiger charge is 2.34. The molecular weight excluding hydrogens is 274 g/mol. The Balaban J connectivity index is -0.000000535. The van der Waals surface area contributed by atoms with Crippen molar-refractivity contribution in [1.82, 2.24) is 4.90 Å². The van der Waals surface area contributed by atoms with Crippen LogP contribution in [-0.4, -0.2) is 37.1 Å². The minimum atomic E-state index is 0.128. The Morgan fingerprint density at radius 2 is 1.55 bits per heavy atom. The molecule has 3 atom stereocenters. The summed E-state index contributed by atoms with van der Waals surface area (Å²) in [6.07, 6.45) is 1.07. The van der Waals surface area contributed by atoms with E-state index in [4.69, 9.17) is 4.74 Å². The summed E-state index contributed by atoms with van der Waals surface area (Å²) < 4.78 is 5.17. The standard InChI is InChI=1S/C13H25NO2.3C2H6/c1-9(2)11(4)13(15)14-7-12(8-16-5)6-10(14)3;3*1-2/h9-12H,6-8H2,1-5H3;3*1-2H3/t10-,11?,12?;;;/m1.../s1. The highest BCUT2D eigenvalue weighted by atomic mass is 16.5. The van der Waals surface area contributed by atoms with E-state index in [9.17, 15) is 4.79 Å². The van der Waals surface area contributed by atoms with E-state index < -0.39 is 0 Å². The molecule has 0 bridgehead atoms. The van der Waals surface area contributed by atoms with Gasteiger partial charge in [0.25, 0.3) is 0 Å². The second-order valence-corrected chi connectivity index (χ2v) is 5.43. The van der Waals surface area contributed by atoms with Gasteiger partial charge >= 0.3 is 0 Å². The number of carbonyl (C=O) groups excluding carboxylic acids is 1. The van der Waals surface area contributed by atoms with Gasteiger partial charge in [-0.3, -0.25) is 4.79 Å². The molecule has 1 aliphatic rings. The van der Waals surface area contributed by atoms with Crippen LogP contribution in [0.1, 0.15) is 75.7 Å². The van der Waals surface area contributed by atoms with Crippen LogP contribution >= 0.6 is 0 Å². The number of hydrogen-bond acceptors (Lipinski definition) is 2. The summed E-state index contributed by atoms with van der Waals surface area (Å²) in [5.74, 6) is 1.37. The summed E-state index contributed by atoms with van der Waals surface area (Å²) in [7, 11) is 1.73. The molecule has 0 radical (unpaired) electrons. The van der Waals surface area contributed by atoms with E-state index >= 15 is 0 Å². The van der Waals surface area contributed by atoms with E-state index in [1.165, 1.54) is 0 Å². The van der Waals surface area contributed by atoms with Crippen LogP contribution in [0.15, 0.2) is 0 Å². The molecular formula is C19H43NO2. The predicted molar refractivity (Wildman–Crippen MR) is 99.2 cm³/mol. The van der Waals surface area contributed by atoms with Gasteiger partial charge in [-0.1, -0.05) is 62.3 Å². The van der Waals surface area contributed by atoms with Crippen molar-refractivity contribution in [2.75, 3.05) is 20.3 Å². The van der Waals surface area contributed by atoms with Crippen molar-refractivity contribution in [2.45, 2.75) is 81.7 Å². The number of likely N-dealkylation sites (tertiary alicyclic amines) is 1. The lowest BCUT2D eigenvalue weighted by Gasteiger charge is -2.26. The lowest BCUT2D eigenvalue weighted by Crippen LogP contribution is -2.39. The number of methoxy groups -OCH3 is 1. The molecule has 0 aromatic heterocycles. The topological polar surface area (TPSA) is 29.5 Å². The molecule has 2 unspecified atom stereocenters. The fourth-order valence-corrected chi connectivity index (χ4v) is 2.35. The fraction of sp³-hybridized carbons (Fsp3) is 0.947. The van der Waals surface area contributed by atoms with Crippen LogP contribution in [0.25, 0.3) is 0 Å². The zero-order chi connectivity index (χ0) is 18.3. The van der Waals surface area contributed by atoms with Crippen LogP contribution in [0, 0.1) is 17.8 Å². The second kappa shape index (κ2) is 16.8. The summed E-state index contributed by atoms with van der Waals surface area (Å²) >= 11 is 0. The van der Waals surface area contributed by atoms with E-state index in [1.54, 1.807) is 7.11 Å². The van der Waals surface area contributed by atoms with Crippen LogP contribution in [0.2, 0.25) is 0 Å². The second-order valence-electron chi connectivity index (χ2n) is 5.43. The largest absolute Gasteiger partial charge is 0.384 e. The van der Waals surface area contributed by atoms with Crippen molar-refractivity contribution < 1.29 is 9.53 Å². The summed E-state index contributed by atoms with van der Waals surface area (Å²) in [6.45, 7) is 22.0. The van der Waals surface area contributed by atoms with Crippen molar-refractivity contribution in [1.29, 1.82) is 0 Å². The molecule has 3 nitrogen and oxygen atoms in total. The Kier molecular flexibility index (Phi) is 20.1. The van der Waals surface area contributed by atoms with E-state index in [2.05, 4.69) is 20.8 Å². The quantitative estimate of drug-likeness (QED) is 0.709. The van der Waals surface area contributed by atoms with E-state index in [0.29, 0.717) is 23.8 Å². The van der Waals surface area contributed by atoms with E-state index in [0.717, 1.165) is 19.6 Å². The molecule has 0 aliphatic carbocycles. The maximum absolute atomic E-state index is 12.2. The van der Waals surface area contributed by atoms with E-state index in [-0.39, 0.29) is 5.92 Å². The van der Waals surface area contributed by atoms with Crippen molar-refractivity contribution in [2.24, 2.45) is 17.8 Å². The highest BCUT2D eigenvalue weighted by molar-refractivity contribution is 5.79. The number of hydrogen-bond donors (Lipinski definition) is 0. The molecule has 22 heavy (non-hydrogen) atoms. The maximum atomic E-state index is 12.2. The minimum Gasteiger partial charge on any atom is -0.384 e. The Labute approximate surface area is 140 Å². The molecule has 0 aromatic rings. The summed E-state index contributed by atoms with van der Waals surface area (Å²) in [6, 6.07) is 0.369. The van der Waals surface area contributed by atoms with E-state index in [1.807, 2.05) is 53.4 Å². The zero-order valence-electron chi connectivity index (χ0n) is 17.2. The van der Waals surface area contributed by atoms with Crippen molar-refractivity contribution in [3.8, 4) is 0 Å².